The Morgan fingerprint density at radius 2 is 1.92 bits per heavy atom. The second-order valence-corrected chi connectivity index (χ2v) is 7.26. The van der Waals surface area contributed by atoms with Crippen molar-refractivity contribution in [3.63, 3.8) is 0 Å². The molecule has 1 aliphatic rings. The summed E-state index contributed by atoms with van der Waals surface area (Å²) >= 11 is 3.35. The van der Waals surface area contributed by atoms with Crippen LogP contribution < -0.4 is 14.8 Å². The molecule has 1 aliphatic heterocycles. The maximum Gasteiger partial charge on any atom is 0.253 e. The highest BCUT2D eigenvalue weighted by Crippen LogP contribution is 2.34. The second kappa shape index (κ2) is 7.87. The van der Waals surface area contributed by atoms with Crippen LogP contribution in [0.1, 0.15) is 42.2 Å². The van der Waals surface area contributed by atoms with Gasteiger partial charge in [0.05, 0.1) is 24.8 Å². The fourth-order valence-electron chi connectivity index (χ4n) is 2.77. The molecule has 1 amide bonds. The number of carbonyl (C=O) groups excluding carboxylic acids is 1. The Morgan fingerprint density at radius 1 is 1.16 bits per heavy atom. The van der Waals surface area contributed by atoms with E-state index in [4.69, 9.17) is 9.47 Å². The van der Waals surface area contributed by atoms with Crippen molar-refractivity contribution in [3.8, 4) is 11.5 Å². The number of benzene rings is 1. The largest absolute Gasteiger partial charge is 0.490 e. The zero-order chi connectivity index (χ0) is 17.8. The molecular weight excluding hydrogens is 384 g/mol. The summed E-state index contributed by atoms with van der Waals surface area (Å²) in [5.74, 6) is 1.55. The molecule has 1 atom stereocenters. The Hall–Kier alpha value is -2.08. The van der Waals surface area contributed by atoms with Gasteiger partial charge in [0.25, 0.3) is 5.91 Å². The van der Waals surface area contributed by atoms with E-state index in [0.29, 0.717) is 18.8 Å². The first kappa shape index (κ1) is 17.7. The maximum absolute atomic E-state index is 12.6. The van der Waals surface area contributed by atoms with Crippen molar-refractivity contribution in [2.45, 2.75) is 26.3 Å². The van der Waals surface area contributed by atoms with Gasteiger partial charge in [-0.3, -0.25) is 9.78 Å². The molecule has 1 aromatic heterocycles. The minimum Gasteiger partial charge on any atom is -0.490 e. The summed E-state index contributed by atoms with van der Waals surface area (Å²) in [4.78, 5) is 16.7. The third kappa shape index (κ3) is 4.31. The van der Waals surface area contributed by atoms with Crippen molar-refractivity contribution in [3.05, 3.63) is 52.3 Å². The Kier molecular flexibility index (Phi) is 5.58. The van der Waals surface area contributed by atoms with Gasteiger partial charge in [-0.1, -0.05) is 19.9 Å². The first-order valence-electron chi connectivity index (χ1n) is 8.35. The van der Waals surface area contributed by atoms with Gasteiger partial charge < -0.3 is 14.8 Å². The molecule has 0 bridgehead atoms. The van der Waals surface area contributed by atoms with Gasteiger partial charge in [-0.15, -0.1) is 0 Å². The van der Waals surface area contributed by atoms with E-state index in [0.717, 1.165) is 28.0 Å². The van der Waals surface area contributed by atoms with Crippen molar-refractivity contribution >= 4 is 21.8 Å². The molecule has 0 fully saturated rings. The number of fused-ring (bicyclic) bond motifs is 1. The minimum atomic E-state index is -0.153. The molecular formula is C19H21BrN2O3. The first-order valence-corrected chi connectivity index (χ1v) is 9.15. The topological polar surface area (TPSA) is 60.5 Å². The van der Waals surface area contributed by atoms with Crippen LogP contribution in [0.15, 0.2) is 41.1 Å². The molecule has 6 heteroatoms. The predicted molar refractivity (Wildman–Crippen MR) is 99.0 cm³/mol. The molecule has 5 nitrogen and oxygen atoms in total. The van der Waals surface area contributed by atoms with Crippen molar-refractivity contribution < 1.29 is 14.3 Å². The minimum absolute atomic E-state index is 0.136. The van der Waals surface area contributed by atoms with Crippen LogP contribution in [0.4, 0.5) is 0 Å². The fourth-order valence-corrected chi connectivity index (χ4v) is 3.13. The number of rotatable bonds is 4. The third-order valence-corrected chi connectivity index (χ3v) is 4.48. The predicted octanol–water partition coefficient (Wildman–Crippen LogP) is 4.13. The lowest BCUT2D eigenvalue weighted by Crippen LogP contribution is -2.31. The monoisotopic (exact) mass is 404 g/mol. The van der Waals surface area contributed by atoms with Gasteiger partial charge in [0.1, 0.15) is 0 Å². The number of amides is 1. The number of nitrogens with one attached hydrogen (secondary N) is 1. The number of hydrogen-bond acceptors (Lipinski definition) is 4. The standard InChI is InChI=1S/C19H21BrN2O3/c1-12(2)18(22-19(23)14-8-15(20)11-21-10-14)13-4-5-16-17(9-13)25-7-3-6-24-16/h4-5,8-12,18H,3,6-7H2,1-2H3,(H,22,23)/t18-/m0/s1. The molecule has 0 radical (unpaired) electrons. The molecule has 0 saturated carbocycles. The third-order valence-electron chi connectivity index (χ3n) is 4.05. The molecule has 2 heterocycles. The van der Waals surface area contributed by atoms with E-state index in [1.54, 1.807) is 18.5 Å². The van der Waals surface area contributed by atoms with Crippen LogP contribution in [-0.4, -0.2) is 24.1 Å². The molecule has 2 aromatic rings. The lowest BCUT2D eigenvalue weighted by molar-refractivity contribution is 0.0925. The number of carbonyl (C=O) groups is 1. The summed E-state index contributed by atoms with van der Waals surface area (Å²) in [5.41, 5.74) is 1.52. The zero-order valence-corrected chi connectivity index (χ0v) is 15.9. The summed E-state index contributed by atoms with van der Waals surface area (Å²) < 4.78 is 12.2. The number of nitrogens with zero attached hydrogens (tertiary/aromatic N) is 1. The SMILES string of the molecule is CC(C)[C@H](NC(=O)c1cncc(Br)c1)c1ccc2c(c1)OCCCO2. The first-order chi connectivity index (χ1) is 12.0. The summed E-state index contributed by atoms with van der Waals surface area (Å²) in [6.45, 7) is 5.45. The van der Waals surface area contributed by atoms with Gasteiger partial charge in [0.15, 0.2) is 11.5 Å². The maximum atomic E-state index is 12.6. The summed E-state index contributed by atoms with van der Waals surface area (Å²) in [6.07, 6.45) is 4.08. The molecule has 3 rings (SSSR count). The molecule has 0 spiro atoms. The molecule has 1 aromatic carbocycles. The molecule has 132 valence electrons. The van der Waals surface area contributed by atoms with Gasteiger partial charge >= 0.3 is 0 Å². The summed E-state index contributed by atoms with van der Waals surface area (Å²) in [5, 5.41) is 3.10. The molecule has 0 unspecified atom stereocenters. The molecule has 0 aliphatic carbocycles. The van der Waals surface area contributed by atoms with Crippen LogP contribution in [0.2, 0.25) is 0 Å². The Labute approximate surface area is 155 Å². The highest BCUT2D eigenvalue weighted by molar-refractivity contribution is 9.10. The van der Waals surface area contributed by atoms with Gasteiger partial charge in [-0.2, -0.15) is 0 Å². The Bertz CT molecular complexity index is 764. The highest BCUT2D eigenvalue weighted by atomic mass is 79.9. The van der Waals surface area contributed by atoms with E-state index < -0.39 is 0 Å². The number of pyridine rings is 1. The highest BCUT2D eigenvalue weighted by Gasteiger charge is 2.22. The van der Waals surface area contributed by atoms with Crippen LogP contribution in [0.3, 0.4) is 0 Å². The normalized spacial score (nSPS) is 14.7. The van der Waals surface area contributed by atoms with Crippen LogP contribution in [-0.2, 0) is 0 Å². The molecule has 1 N–H and O–H groups in total. The second-order valence-electron chi connectivity index (χ2n) is 6.34. The smallest absolute Gasteiger partial charge is 0.253 e. The van der Waals surface area contributed by atoms with Crippen molar-refractivity contribution in [2.24, 2.45) is 5.92 Å². The van der Waals surface area contributed by atoms with E-state index in [1.165, 1.54) is 0 Å². The average Bonchev–Trinajstić information content (AvgIpc) is 2.83. The Morgan fingerprint density at radius 3 is 2.64 bits per heavy atom. The summed E-state index contributed by atoms with van der Waals surface area (Å²) in [7, 11) is 0. The van der Waals surface area contributed by atoms with Gasteiger partial charge in [-0.05, 0) is 45.6 Å². The Balaban J connectivity index is 1.84. The van der Waals surface area contributed by atoms with E-state index in [-0.39, 0.29) is 17.9 Å². The fraction of sp³-hybridized carbons (Fsp3) is 0.368. The zero-order valence-electron chi connectivity index (χ0n) is 14.3. The molecule has 25 heavy (non-hydrogen) atoms. The summed E-state index contributed by atoms with van der Waals surface area (Å²) in [6, 6.07) is 7.48. The van der Waals surface area contributed by atoms with E-state index in [9.17, 15) is 4.79 Å². The quantitative estimate of drug-likeness (QED) is 0.831. The van der Waals surface area contributed by atoms with Gasteiger partial charge in [0, 0.05) is 23.3 Å². The van der Waals surface area contributed by atoms with Crippen LogP contribution in [0.5, 0.6) is 11.5 Å². The van der Waals surface area contributed by atoms with Crippen LogP contribution >= 0.6 is 15.9 Å². The molecule has 0 saturated heterocycles. The van der Waals surface area contributed by atoms with E-state index in [2.05, 4.69) is 40.1 Å². The number of ether oxygens (including phenoxy) is 2. The van der Waals surface area contributed by atoms with Gasteiger partial charge in [-0.25, -0.2) is 0 Å². The lowest BCUT2D eigenvalue weighted by atomic mass is 9.95. The number of hydrogen-bond donors (Lipinski definition) is 1. The van der Waals surface area contributed by atoms with E-state index in [1.807, 2.05) is 18.2 Å². The van der Waals surface area contributed by atoms with Crippen LogP contribution in [0, 0.1) is 5.92 Å². The van der Waals surface area contributed by atoms with Gasteiger partial charge in [0.2, 0.25) is 0 Å². The van der Waals surface area contributed by atoms with Crippen LogP contribution in [0.25, 0.3) is 0 Å². The van der Waals surface area contributed by atoms with E-state index >= 15 is 0 Å². The lowest BCUT2D eigenvalue weighted by Gasteiger charge is -2.24. The van der Waals surface area contributed by atoms with Crippen molar-refractivity contribution in [2.75, 3.05) is 13.2 Å². The average molecular weight is 405 g/mol. The van der Waals surface area contributed by atoms with Crippen molar-refractivity contribution in [1.29, 1.82) is 0 Å². The number of aromatic nitrogens is 1. The van der Waals surface area contributed by atoms with Crippen molar-refractivity contribution in [1.82, 2.24) is 10.3 Å². The number of halogens is 1.